The first-order valence-corrected chi connectivity index (χ1v) is 4.82. The Balaban J connectivity index is 2.84. The molecule has 0 saturated heterocycles. The van der Waals surface area contributed by atoms with E-state index in [9.17, 15) is 15.0 Å². The fourth-order valence-electron chi connectivity index (χ4n) is 1.71. The Kier molecular flexibility index (Phi) is 2.06. The first kappa shape index (κ1) is 10.7. The normalized spacial score (nSPS) is 23.4. The topological polar surface area (TPSA) is 86.9 Å². The zero-order chi connectivity index (χ0) is 12.1. The minimum atomic E-state index is -1.49. The van der Waals surface area contributed by atoms with Crippen molar-refractivity contribution in [3.8, 4) is 0 Å². The highest BCUT2D eigenvalue weighted by Gasteiger charge is 2.33. The van der Waals surface area contributed by atoms with Gasteiger partial charge in [0.15, 0.2) is 5.72 Å². The molecule has 1 unspecified atom stereocenters. The van der Waals surface area contributed by atoms with Crippen molar-refractivity contribution < 1.29 is 10.2 Å². The van der Waals surface area contributed by atoms with Gasteiger partial charge in [-0.2, -0.15) is 4.99 Å². The third-order valence-electron chi connectivity index (χ3n) is 2.74. The Hall–Kier alpha value is -1.82. The molecule has 0 bridgehead atoms. The van der Waals surface area contributed by atoms with Crippen LogP contribution in [0.3, 0.4) is 0 Å². The molecule has 6 heteroatoms. The summed E-state index contributed by atoms with van der Waals surface area (Å²) in [7, 11) is 1.61. The smallest absolute Gasteiger partial charge is 0.290 e. The van der Waals surface area contributed by atoms with Gasteiger partial charge in [0, 0.05) is 18.3 Å². The lowest BCUT2D eigenvalue weighted by Gasteiger charge is -2.30. The lowest BCUT2D eigenvalue weighted by Crippen LogP contribution is -2.47. The van der Waals surface area contributed by atoms with E-state index in [-0.39, 0.29) is 11.2 Å². The highest BCUT2D eigenvalue weighted by molar-refractivity contribution is 5.79. The Bertz CT molecular complexity index is 543. The van der Waals surface area contributed by atoms with Crippen molar-refractivity contribution in [3.05, 3.63) is 27.7 Å². The number of aromatic nitrogens is 1. The highest BCUT2D eigenvalue weighted by Crippen LogP contribution is 2.29. The number of nitrogens with one attached hydrogen (secondary N) is 1. The van der Waals surface area contributed by atoms with E-state index in [1.165, 1.54) is 11.5 Å². The van der Waals surface area contributed by atoms with Gasteiger partial charge in [-0.3, -0.25) is 4.79 Å². The van der Waals surface area contributed by atoms with Gasteiger partial charge >= 0.3 is 0 Å². The van der Waals surface area contributed by atoms with Crippen molar-refractivity contribution in [1.82, 2.24) is 9.88 Å². The summed E-state index contributed by atoms with van der Waals surface area (Å²) in [6.45, 7) is 3.21. The van der Waals surface area contributed by atoms with Gasteiger partial charge in [0.05, 0.1) is 0 Å². The maximum atomic E-state index is 11.9. The van der Waals surface area contributed by atoms with Gasteiger partial charge in [0.2, 0.25) is 0 Å². The number of fused-ring (bicyclic) bond motifs is 1. The number of nitrogens with zero attached hydrogens (tertiary/aromatic N) is 2. The number of hydrogen-bond donors (Lipinski definition) is 3. The van der Waals surface area contributed by atoms with Crippen LogP contribution >= 0.6 is 0 Å². The molecule has 1 aliphatic heterocycles. The van der Waals surface area contributed by atoms with Crippen LogP contribution in [0.4, 0.5) is 5.69 Å². The average molecular weight is 223 g/mol. The molecule has 1 atom stereocenters. The number of aliphatic hydroxyl groups is 2. The van der Waals surface area contributed by atoms with Gasteiger partial charge in [-0.25, -0.2) is 0 Å². The van der Waals surface area contributed by atoms with Gasteiger partial charge in [0.25, 0.3) is 11.6 Å². The van der Waals surface area contributed by atoms with Crippen molar-refractivity contribution in [3.63, 3.8) is 0 Å². The number of amidine groups is 1. The van der Waals surface area contributed by atoms with E-state index in [0.29, 0.717) is 11.3 Å². The van der Waals surface area contributed by atoms with Crippen LogP contribution in [-0.4, -0.2) is 20.8 Å². The van der Waals surface area contributed by atoms with Crippen LogP contribution in [-0.2, 0) is 12.8 Å². The third-order valence-corrected chi connectivity index (χ3v) is 2.74. The molecular weight excluding hydrogens is 210 g/mol. The van der Waals surface area contributed by atoms with Crippen LogP contribution in [0.2, 0.25) is 0 Å². The fraction of sp³-hybridized carbons (Fsp3) is 0.400. The van der Waals surface area contributed by atoms with Crippen molar-refractivity contribution in [2.45, 2.75) is 19.6 Å². The van der Waals surface area contributed by atoms with E-state index in [1.807, 2.05) is 0 Å². The minimum absolute atomic E-state index is 0.0642. The maximum absolute atomic E-state index is 11.9. The summed E-state index contributed by atoms with van der Waals surface area (Å²) < 4.78 is 1.41. The molecule has 0 aliphatic carbocycles. The zero-order valence-electron chi connectivity index (χ0n) is 9.27. The summed E-state index contributed by atoms with van der Waals surface area (Å²) in [6, 6.07) is 1.21. The second kappa shape index (κ2) is 3.08. The van der Waals surface area contributed by atoms with Gasteiger partial charge < -0.3 is 20.1 Å². The van der Waals surface area contributed by atoms with Crippen LogP contribution in [0.25, 0.3) is 0 Å². The van der Waals surface area contributed by atoms with Gasteiger partial charge in [-0.1, -0.05) is 0 Å². The molecule has 2 rings (SSSR count). The van der Waals surface area contributed by atoms with E-state index in [0.717, 1.165) is 0 Å². The predicted octanol–water partition coefficient (Wildman–Crippen LogP) is 0.00742. The third kappa shape index (κ3) is 1.38. The summed E-state index contributed by atoms with van der Waals surface area (Å²) in [5, 5.41) is 21.7. The van der Waals surface area contributed by atoms with Crippen molar-refractivity contribution in [2.24, 2.45) is 12.0 Å². The molecule has 16 heavy (non-hydrogen) atoms. The van der Waals surface area contributed by atoms with Crippen LogP contribution < -0.4 is 10.9 Å². The maximum Gasteiger partial charge on any atom is 0.290 e. The minimum Gasteiger partial charge on any atom is -0.481 e. The summed E-state index contributed by atoms with van der Waals surface area (Å²) in [6.07, 6.45) is 0. The van der Waals surface area contributed by atoms with Crippen LogP contribution in [0, 0.1) is 6.92 Å². The molecule has 86 valence electrons. The standard InChI is InChI=1S/C10H13N3O3/c1-5-4-6-7(8(14)13(5)3)11-9(15)12-10(6,2)16/h4,16H,1-3H3,(H2,11,12,15). The first-order valence-electron chi connectivity index (χ1n) is 4.82. The Morgan fingerprint density at radius 2 is 2.19 bits per heavy atom. The summed E-state index contributed by atoms with van der Waals surface area (Å²) in [4.78, 5) is 15.6. The largest absolute Gasteiger partial charge is 0.481 e. The zero-order valence-corrected chi connectivity index (χ0v) is 9.27. The van der Waals surface area contributed by atoms with Crippen LogP contribution in [0.5, 0.6) is 0 Å². The molecule has 0 amide bonds. The van der Waals surface area contributed by atoms with Crippen molar-refractivity contribution >= 4 is 11.7 Å². The van der Waals surface area contributed by atoms with Crippen molar-refractivity contribution in [2.75, 3.05) is 0 Å². The van der Waals surface area contributed by atoms with E-state index >= 15 is 0 Å². The molecule has 0 aromatic carbocycles. The highest BCUT2D eigenvalue weighted by atomic mass is 16.3. The molecule has 0 radical (unpaired) electrons. The molecule has 0 fully saturated rings. The lowest BCUT2D eigenvalue weighted by atomic mass is 10.0. The van der Waals surface area contributed by atoms with E-state index in [1.54, 1.807) is 20.0 Å². The van der Waals surface area contributed by atoms with Gasteiger partial charge in [-0.05, 0) is 19.9 Å². The van der Waals surface area contributed by atoms with E-state index in [4.69, 9.17) is 0 Å². The Labute approximate surface area is 91.9 Å². The lowest BCUT2D eigenvalue weighted by molar-refractivity contribution is 0.0340. The second-order valence-corrected chi connectivity index (χ2v) is 4.04. The molecule has 0 saturated carbocycles. The molecule has 6 nitrogen and oxygen atoms in total. The number of aryl methyl sites for hydroxylation is 1. The summed E-state index contributed by atoms with van der Waals surface area (Å²) in [5.41, 5.74) is -0.690. The number of rotatable bonds is 0. The van der Waals surface area contributed by atoms with E-state index < -0.39 is 11.7 Å². The van der Waals surface area contributed by atoms with Crippen LogP contribution in [0.1, 0.15) is 18.2 Å². The molecule has 1 aromatic heterocycles. The summed E-state index contributed by atoms with van der Waals surface area (Å²) in [5.74, 6) is 0. The SMILES string of the molecule is Cc1cc2c(c(=O)n1C)N=C(O)NC2(C)O. The molecule has 2 heterocycles. The van der Waals surface area contributed by atoms with Gasteiger partial charge in [0.1, 0.15) is 5.69 Å². The molecule has 0 spiro atoms. The molecule has 3 N–H and O–H groups in total. The molecular formula is C10H13N3O3. The monoisotopic (exact) mass is 223 g/mol. The Morgan fingerprint density at radius 1 is 1.56 bits per heavy atom. The Morgan fingerprint density at radius 3 is 2.81 bits per heavy atom. The van der Waals surface area contributed by atoms with Crippen molar-refractivity contribution in [1.29, 1.82) is 0 Å². The quantitative estimate of drug-likeness (QED) is 0.578. The van der Waals surface area contributed by atoms with Crippen LogP contribution in [0.15, 0.2) is 15.9 Å². The van der Waals surface area contributed by atoms with Gasteiger partial charge in [-0.15, -0.1) is 0 Å². The number of aliphatic hydroxyl groups excluding tert-OH is 1. The summed E-state index contributed by atoms with van der Waals surface area (Å²) >= 11 is 0. The number of aliphatic imine (C=N–C) groups is 1. The molecule has 1 aromatic rings. The van der Waals surface area contributed by atoms with E-state index in [2.05, 4.69) is 10.3 Å². The average Bonchev–Trinajstić information content (AvgIpc) is 2.16. The second-order valence-electron chi connectivity index (χ2n) is 4.04. The number of hydrogen-bond acceptors (Lipinski definition) is 4. The first-order chi connectivity index (χ1) is 7.33. The molecule has 1 aliphatic rings. The predicted molar refractivity (Wildman–Crippen MR) is 58.9 cm³/mol. The number of pyridine rings is 1. The fourth-order valence-corrected chi connectivity index (χ4v) is 1.71.